The minimum Gasteiger partial charge on any atom is -0.490 e. The standard InChI is InChI=1S/C37H37F2N5O3S/c1-5-32(46)43-13-14-44-30(22(43)3)19-29(41-44)36-34(33-28(39)17-26(38)18-31(33)47-20-21(2)45)37-27(10-15-48-37)35(40-36)25-7-6-23-8-11-42(4)12-9-24(23)16-25/h5-7,10,15-19,21-22,45H,1,8-9,11-14,20H2,2-4H3. The van der Waals surface area contributed by atoms with E-state index in [1.165, 1.54) is 28.5 Å². The van der Waals surface area contributed by atoms with Crippen LogP contribution >= 0.6 is 11.3 Å². The van der Waals surface area contributed by atoms with Gasteiger partial charge < -0.3 is 19.6 Å². The molecule has 0 fully saturated rings. The molecule has 11 heteroatoms. The van der Waals surface area contributed by atoms with Gasteiger partial charge >= 0.3 is 0 Å². The van der Waals surface area contributed by atoms with E-state index in [0.29, 0.717) is 30.0 Å². The summed E-state index contributed by atoms with van der Waals surface area (Å²) in [4.78, 5) is 22.0. The number of aliphatic hydroxyl groups is 1. The number of aliphatic hydroxyl groups excluding tert-OH is 1. The predicted octanol–water partition coefficient (Wildman–Crippen LogP) is 6.65. The summed E-state index contributed by atoms with van der Waals surface area (Å²) in [7, 11) is 2.14. The molecule has 2 atom stereocenters. The number of nitrogens with zero attached hydrogens (tertiary/aromatic N) is 5. The number of carbonyl (C=O) groups excluding carboxylic acids is 1. The third-order valence-corrected chi connectivity index (χ3v) is 10.3. The van der Waals surface area contributed by atoms with Crippen molar-refractivity contribution in [3.05, 3.63) is 89.0 Å². The van der Waals surface area contributed by atoms with Crippen molar-refractivity contribution in [2.45, 2.75) is 45.4 Å². The third-order valence-electron chi connectivity index (χ3n) is 9.32. The SMILES string of the molecule is C=CC(=O)N1CCn2nc(-c3nc(-c4ccc5c(c4)CCN(C)CC5)c4ccsc4c3-c3c(F)cc(F)cc3OCC(C)O)cc2C1C. The number of hydrogen-bond acceptors (Lipinski definition) is 7. The van der Waals surface area contributed by atoms with Crippen LogP contribution in [0.25, 0.3) is 43.9 Å². The van der Waals surface area contributed by atoms with Crippen LogP contribution < -0.4 is 4.74 Å². The number of ether oxygens (including phenoxy) is 1. The number of thiophene rings is 1. The Balaban J connectivity index is 1.48. The predicted molar refractivity (Wildman–Crippen MR) is 184 cm³/mol. The van der Waals surface area contributed by atoms with Gasteiger partial charge in [-0.1, -0.05) is 18.7 Å². The minimum atomic E-state index is -0.860. The number of pyridine rings is 1. The van der Waals surface area contributed by atoms with Crippen LogP contribution in [-0.2, 0) is 24.2 Å². The van der Waals surface area contributed by atoms with E-state index >= 15 is 4.39 Å². The van der Waals surface area contributed by atoms with Crippen LogP contribution in [0.5, 0.6) is 5.75 Å². The van der Waals surface area contributed by atoms with Crippen LogP contribution in [0.2, 0.25) is 0 Å². The summed E-state index contributed by atoms with van der Waals surface area (Å²) in [5.74, 6) is -1.80. The van der Waals surface area contributed by atoms with Crippen molar-refractivity contribution in [3.63, 3.8) is 0 Å². The van der Waals surface area contributed by atoms with Crippen LogP contribution in [-0.4, -0.2) is 75.0 Å². The molecule has 2 aliphatic rings. The molecule has 1 N–H and O–H groups in total. The van der Waals surface area contributed by atoms with Crippen molar-refractivity contribution in [1.29, 1.82) is 0 Å². The lowest BCUT2D eigenvalue weighted by Gasteiger charge is -2.33. The zero-order valence-corrected chi connectivity index (χ0v) is 28.0. The van der Waals surface area contributed by atoms with Gasteiger partial charge in [0.2, 0.25) is 5.91 Å². The lowest BCUT2D eigenvalue weighted by molar-refractivity contribution is -0.129. The Morgan fingerprint density at radius 2 is 1.88 bits per heavy atom. The first-order chi connectivity index (χ1) is 23.1. The first kappa shape index (κ1) is 32.1. The summed E-state index contributed by atoms with van der Waals surface area (Å²) in [5, 5.41) is 17.7. The molecule has 8 nitrogen and oxygen atoms in total. The van der Waals surface area contributed by atoms with E-state index in [1.54, 1.807) is 11.8 Å². The molecule has 0 bridgehead atoms. The smallest absolute Gasteiger partial charge is 0.246 e. The van der Waals surface area contributed by atoms with Gasteiger partial charge in [-0.3, -0.25) is 9.48 Å². The van der Waals surface area contributed by atoms with E-state index in [1.807, 2.05) is 29.1 Å². The molecule has 2 unspecified atom stereocenters. The van der Waals surface area contributed by atoms with Crippen LogP contribution in [0.3, 0.4) is 0 Å². The van der Waals surface area contributed by atoms with E-state index < -0.39 is 17.7 Å². The second-order valence-electron chi connectivity index (χ2n) is 12.6. The Morgan fingerprint density at radius 1 is 1.08 bits per heavy atom. The van der Waals surface area contributed by atoms with Gasteiger partial charge in [-0.15, -0.1) is 11.3 Å². The van der Waals surface area contributed by atoms with Crippen molar-refractivity contribution < 1.29 is 23.4 Å². The molecule has 7 rings (SSSR count). The second-order valence-corrected chi connectivity index (χ2v) is 13.6. The largest absolute Gasteiger partial charge is 0.490 e. The number of fused-ring (bicyclic) bond motifs is 3. The van der Waals surface area contributed by atoms with Crippen molar-refractivity contribution in [2.24, 2.45) is 0 Å². The summed E-state index contributed by atoms with van der Waals surface area (Å²) in [5.41, 5.74) is 6.49. The normalized spacial score (nSPS) is 17.1. The van der Waals surface area contributed by atoms with Gasteiger partial charge in [0.05, 0.1) is 35.6 Å². The van der Waals surface area contributed by atoms with Crippen molar-refractivity contribution in [3.8, 4) is 39.5 Å². The molecule has 0 aliphatic carbocycles. The zero-order chi connectivity index (χ0) is 33.7. The van der Waals surface area contributed by atoms with E-state index in [-0.39, 0.29) is 29.9 Å². The molecular formula is C37H37F2N5O3S. The maximum atomic E-state index is 16.1. The van der Waals surface area contributed by atoms with Crippen molar-refractivity contribution in [2.75, 3.05) is 33.3 Å². The molecule has 0 radical (unpaired) electrons. The summed E-state index contributed by atoms with van der Waals surface area (Å²) in [6.45, 7) is 9.88. The molecular weight excluding hydrogens is 633 g/mol. The number of aromatic nitrogens is 3. The lowest BCUT2D eigenvalue weighted by atomic mass is 9.94. The lowest BCUT2D eigenvalue weighted by Crippen LogP contribution is -2.40. The Bertz CT molecular complexity index is 2050. The number of rotatable bonds is 7. The van der Waals surface area contributed by atoms with Gasteiger partial charge in [0, 0.05) is 53.0 Å². The molecule has 5 aromatic rings. The molecule has 0 saturated heterocycles. The van der Waals surface area contributed by atoms with E-state index in [2.05, 4.69) is 36.7 Å². The fourth-order valence-electron chi connectivity index (χ4n) is 6.80. The number of amides is 1. The van der Waals surface area contributed by atoms with E-state index in [9.17, 15) is 14.3 Å². The highest BCUT2D eigenvalue weighted by atomic mass is 32.1. The highest BCUT2D eigenvalue weighted by Gasteiger charge is 2.31. The highest BCUT2D eigenvalue weighted by Crippen LogP contribution is 2.47. The zero-order valence-electron chi connectivity index (χ0n) is 27.2. The Hall–Kier alpha value is -4.45. The van der Waals surface area contributed by atoms with Gasteiger partial charge in [-0.2, -0.15) is 5.10 Å². The van der Waals surface area contributed by atoms with Gasteiger partial charge in [0.15, 0.2) is 0 Å². The molecule has 1 amide bonds. The number of halogens is 2. The number of likely N-dealkylation sites (N-methyl/N-ethyl adjacent to an activating group) is 1. The maximum absolute atomic E-state index is 16.1. The van der Waals surface area contributed by atoms with Crippen molar-refractivity contribution >= 4 is 27.3 Å². The molecule has 248 valence electrons. The first-order valence-corrected chi connectivity index (χ1v) is 17.0. The molecule has 5 heterocycles. The van der Waals surface area contributed by atoms with Gasteiger partial charge in [-0.05, 0) is 74.5 Å². The van der Waals surface area contributed by atoms with Gasteiger partial charge in [-0.25, -0.2) is 13.8 Å². The quantitative estimate of drug-likeness (QED) is 0.196. The number of benzene rings is 2. The van der Waals surface area contributed by atoms with Gasteiger partial charge in [0.25, 0.3) is 0 Å². The minimum absolute atomic E-state index is 0.0341. The second kappa shape index (κ2) is 12.9. The molecule has 2 aromatic carbocycles. The fourth-order valence-corrected chi connectivity index (χ4v) is 7.75. The maximum Gasteiger partial charge on any atom is 0.246 e. The average molecular weight is 670 g/mol. The molecule has 0 spiro atoms. The first-order valence-electron chi connectivity index (χ1n) is 16.2. The molecule has 3 aromatic heterocycles. The Labute approximate surface area is 281 Å². The fraction of sp³-hybridized carbons (Fsp3) is 0.324. The number of carbonyl (C=O) groups is 1. The summed E-state index contributed by atoms with van der Waals surface area (Å²) in [6.07, 6.45) is 2.35. The summed E-state index contributed by atoms with van der Waals surface area (Å²) < 4.78 is 39.2. The summed E-state index contributed by atoms with van der Waals surface area (Å²) in [6, 6.07) is 12.1. The highest BCUT2D eigenvalue weighted by molar-refractivity contribution is 7.18. The number of hydrogen-bond donors (Lipinski definition) is 1. The topological polar surface area (TPSA) is 83.7 Å². The molecule has 0 saturated carbocycles. The average Bonchev–Trinajstić information content (AvgIpc) is 3.69. The van der Waals surface area contributed by atoms with Crippen LogP contribution in [0.15, 0.2) is 60.5 Å². The van der Waals surface area contributed by atoms with Crippen LogP contribution in [0, 0.1) is 11.6 Å². The van der Waals surface area contributed by atoms with Gasteiger partial charge in [0.1, 0.15) is 35.4 Å². The van der Waals surface area contributed by atoms with Crippen molar-refractivity contribution in [1.82, 2.24) is 24.6 Å². The Kier molecular flexibility index (Phi) is 8.61. The monoisotopic (exact) mass is 669 g/mol. The summed E-state index contributed by atoms with van der Waals surface area (Å²) >= 11 is 1.44. The third kappa shape index (κ3) is 5.80. The molecule has 2 aliphatic heterocycles. The molecule has 48 heavy (non-hydrogen) atoms. The van der Waals surface area contributed by atoms with Crippen LogP contribution in [0.4, 0.5) is 8.78 Å². The Morgan fingerprint density at radius 3 is 2.65 bits per heavy atom. The van der Waals surface area contributed by atoms with E-state index in [4.69, 9.17) is 14.8 Å². The van der Waals surface area contributed by atoms with E-state index in [0.717, 1.165) is 65.1 Å². The van der Waals surface area contributed by atoms with Crippen LogP contribution in [0.1, 0.15) is 36.7 Å².